The van der Waals surface area contributed by atoms with Gasteiger partial charge in [-0.1, -0.05) is 81.4 Å². The van der Waals surface area contributed by atoms with Gasteiger partial charge in [-0.05, 0) is 114 Å². The van der Waals surface area contributed by atoms with Gasteiger partial charge in [0.25, 0.3) is 5.91 Å². The fraction of sp³-hybridized carbons (Fsp3) is 0.159. The van der Waals surface area contributed by atoms with Gasteiger partial charge in [-0.15, -0.1) is 0 Å². The average Bonchev–Trinajstić information content (AvgIpc) is 3.15. The zero-order valence-electron chi connectivity index (χ0n) is 29.7. The Balaban J connectivity index is 1.33. The van der Waals surface area contributed by atoms with Crippen LogP contribution in [-0.2, 0) is 5.41 Å². The summed E-state index contributed by atoms with van der Waals surface area (Å²) < 4.78 is 52.5. The van der Waals surface area contributed by atoms with Crippen molar-refractivity contribution < 1.29 is 22.7 Å². The molecule has 0 aliphatic rings. The minimum atomic E-state index is -4.72. The third-order valence-electron chi connectivity index (χ3n) is 9.32. The van der Waals surface area contributed by atoms with Crippen LogP contribution in [0.3, 0.4) is 0 Å². The fourth-order valence-electron chi connectivity index (χ4n) is 6.35. The highest BCUT2D eigenvalue weighted by Crippen LogP contribution is 2.51. The maximum Gasteiger partial charge on any atom is 0.402 e. The number of ether oxygens (including phenoxy) is 1. The highest BCUT2D eigenvalue weighted by molar-refractivity contribution is 6.06. The van der Waals surface area contributed by atoms with E-state index >= 15 is 13.2 Å². The molecule has 270 valence electrons. The normalized spacial score (nSPS) is 12.5. The largest absolute Gasteiger partial charge is 0.457 e. The Morgan fingerprint density at radius 3 is 1.68 bits per heavy atom. The topological polar surface area (TPSA) is 88.4 Å². The van der Waals surface area contributed by atoms with E-state index in [4.69, 9.17) is 10.5 Å². The number of hydrogen-bond acceptors (Lipinski definition) is 5. The molecule has 1 atom stereocenters. The molecule has 53 heavy (non-hydrogen) atoms. The summed E-state index contributed by atoms with van der Waals surface area (Å²) >= 11 is 0. The molecule has 0 spiro atoms. The Morgan fingerprint density at radius 2 is 1.17 bits per heavy atom. The lowest BCUT2D eigenvalue weighted by atomic mass is 9.71. The predicted octanol–water partition coefficient (Wildman–Crippen LogP) is 12.2. The zero-order valence-corrected chi connectivity index (χ0v) is 29.7. The molecule has 6 nitrogen and oxygen atoms in total. The highest BCUT2D eigenvalue weighted by atomic mass is 19.4. The number of nitrogens with one attached hydrogen (secondary N) is 3. The number of carbonyl (C=O) groups excluding carboxylic acids is 1. The van der Waals surface area contributed by atoms with Crippen LogP contribution in [0.15, 0.2) is 146 Å². The van der Waals surface area contributed by atoms with E-state index in [0.29, 0.717) is 40.0 Å². The van der Waals surface area contributed by atoms with Crippen LogP contribution in [-0.4, -0.2) is 12.1 Å². The number of rotatable bonds is 12. The van der Waals surface area contributed by atoms with Crippen molar-refractivity contribution in [2.75, 3.05) is 21.7 Å². The molecule has 0 fully saturated rings. The van der Waals surface area contributed by atoms with E-state index in [1.54, 1.807) is 36.4 Å². The number of halogens is 3. The first-order valence-corrected chi connectivity index (χ1v) is 17.4. The monoisotopic (exact) mass is 714 g/mol. The summed E-state index contributed by atoms with van der Waals surface area (Å²) in [6, 6.07) is 41.6. The van der Waals surface area contributed by atoms with Gasteiger partial charge in [0.1, 0.15) is 16.9 Å². The fourth-order valence-corrected chi connectivity index (χ4v) is 6.35. The molecule has 0 saturated heterocycles. The van der Waals surface area contributed by atoms with Gasteiger partial charge in [0.05, 0.1) is 22.7 Å². The van der Waals surface area contributed by atoms with Crippen LogP contribution >= 0.6 is 0 Å². The van der Waals surface area contributed by atoms with Gasteiger partial charge in [-0.25, -0.2) is 0 Å². The minimum Gasteiger partial charge on any atom is -0.457 e. The van der Waals surface area contributed by atoms with Crippen LogP contribution in [0.4, 0.5) is 47.3 Å². The lowest BCUT2D eigenvalue weighted by molar-refractivity contribution is -0.179. The number of hydrogen-bond donors (Lipinski definition) is 4. The van der Waals surface area contributed by atoms with Crippen molar-refractivity contribution in [3.05, 3.63) is 168 Å². The van der Waals surface area contributed by atoms with Crippen molar-refractivity contribution in [1.29, 1.82) is 0 Å². The van der Waals surface area contributed by atoms with Gasteiger partial charge in [-0.2, -0.15) is 13.2 Å². The summed E-state index contributed by atoms with van der Waals surface area (Å²) in [4.78, 5) is 13.7. The van der Waals surface area contributed by atoms with Crippen LogP contribution in [0.2, 0.25) is 0 Å². The molecule has 0 bridgehead atoms. The van der Waals surface area contributed by atoms with Gasteiger partial charge in [0, 0.05) is 16.9 Å². The van der Waals surface area contributed by atoms with E-state index in [0.717, 1.165) is 5.69 Å². The zero-order chi connectivity index (χ0) is 37.6. The predicted molar refractivity (Wildman–Crippen MR) is 209 cm³/mol. The molecule has 9 heteroatoms. The summed E-state index contributed by atoms with van der Waals surface area (Å²) in [6.07, 6.45) is -5.04. The van der Waals surface area contributed by atoms with Crippen molar-refractivity contribution in [2.24, 2.45) is 0 Å². The van der Waals surface area contributed by atoms with Gasteiger partial charge < -0.3 is 26.4 Å². The Labute approximate surface area is 307 Å². The SMILES string of the molecule is CCC(c1ccc(Nc2ccccc2)c(N)c1)(c1ccc(Nc2ccccc2)c(NC(=O)c2ccc(Oc3ccc(C(C)C)cc3)cc2)c1)C(F)(F)F. The van der Waals surface area contributed by atoms with Crippen molar-refractivity contribution in [2.45, 2.75) is 44.7 Å². The molecular weight excluding hydrogens is 674 g/mol. The maximum absolute atomic E-state index is 15.5. The number of amides is 1. The maximum atomic E-state index is 15.5. The highest BCUT2D eigenvalue weighted by Gasteiger charge is 2.56. The molecule has 0 radical (unpaired) electrons. The van der Waals surface area contributed by atoms with Gasteiger partial charge in [0.2, 0.25) is 0 Å². The van der Waals surface area contributed by atoms with Crippen LogP contribution in [0.1, 0.15) is 60.2 Å². The molecule has 1 amide bonds. The van der Waals surface area contributed by atoms with E-state index in [1.807, 2.05) is 84.9 Å². The Morgan fingerprint density at radius 1 is 0.660 bits per heavy atom. The van der Waals surface area contributed by atoms with Gasteiger partial charge in [0.15, 0.2) is 0 Å². The van der Waals surface area contributed by atoms with Crippen LogP contribution < -0.4 is 26.4 Å². The van der Waals surface area contributed by atoms with E-state index in [1.165, 1.54) is 36.8 Å². The minimum absolute atomic E-state index is 0.0147. The molecule has 5 N–H and O–H groups in total. The molecular formula is C44H41F3N4O2. The molecule has 0 aliphatic carbocycles. The van der Waals surface area contributed by atoms with Gasteiger partial charge >= 0.3 is 6.18 Å². The summed E-state index contributed by atoms with van der Waals surface area (Å²) in [5, 5.41) is 9.30. The van der Waals surface area contributed by atoms with Crippen LogP contribution in [0, 0.1) is 0 Å². The molecule has 6 aromatic rings. The first kappa shape index (κ1) is 36.6. The quantitative estimate of drug-likeness (QED) is 0.0948. The van der Waals surface area contributed by atoms with Crippen molar-refractivity contribution in [3.63, 3.8) is 0 Å². The standard InChI is InChI=1S/C44H41F3N4O2/c1-4-43(44(45,46)47,32-19-25-39(38(48)27-32)49-34-11-7-5-8-12-34)33-20-26-40(50-35-13-9-6-10-14-35)41(28-33)51-42(52)31-17-23-37(24-18-31)53-36-21-15-30(16-22-36)29(2)3/h5-29,49-50H,4,48H2,1-3H3,(H,51,52). The van der Waals surface area contributed by atoms with E-state index in [9.17, 15) is 4.79 Å². The molecule has 0 aromatic heterocycles. The molecule has 6 aromatic carbocycles. The number of nitrogens with two attached hydrogens (primary N) is 1. The second-order valence-corrected chi connectivity index (χ2v) is 13.1. The number of alkyl halides is 3. The molecule has 0 aliphatic heterocycles. The first-order chi connectivity index (χ1) is 25.5. The molecule has 0 heterocycles. The number of anilines is 6. The smallest absolute Gasteiger partial charge is 0.402 e. The number of nitrogen functional groups attached to an aromatic ring is 1. The van der Waals surface area contributed by atoms with Crippen molar-refractivity contribution >= 4 is 40.0 Å². The summed E-state index contributed by atoms with van der Waals surface area (Å²) in [5.74, 6) is 1.09. The van der Waals surface area contributed by atoms with Crippen molar-refractivity contribution in [1.82, 2.24) is 0 Å². The third kappa shape index (κ3) is 8.15. The lowest BCUT2D eigenvalue weighted by Crippen LogP contribution is -2.43. The summed E-state index contributed by atoms with van der Waals surface area (Å²) in [7, 11) is 0. The van der Waals surface area contributed by atoms with Crippen LogP contribution in [0.5, 0.6) is 11.5 Å². The number of benzene rings is 6. The van der Waals surface area contributed by atoms with E-state index in [2.05, 4.69) is 29.8 Å². The second kappa shape index (κ2) is 15.6. The molecule has 1 unspecified atom stereocenters. The lowest BCUT2D eigenvalue weighted by Gasteiger charge is -2.37. The summed E-state index contributed by atoms with van der Waals surface area (Å²) in [5.41, 5.74) is 8.09. The van der Waals surface area contributed by atoms with E-state index < -0.39 is 17.5 Å². The average molecular weight is 715 g/mol. The van der Waals surface area contributed by atoms with Gasteiger partial charge in [-0.3, -0.25) is 4.79 Å². The Kier molecular flexibility index (Phi) is 10.7. The molecule has 6 rings (SSSR count). The Hall–Kier alpha value is -6.22. The third-order valence-corrected chi connectivity index (χ3v) is 9.32. The van der Waals surface area contributed by atoms with Crippen molar-refractivity contribution in [3.8, 4) is 11.5 Å². The second-order valence-electron chi connectivity index (χ2n) is 13.1. The van der Waals surface area contributed by atoms with Crippen LogP contribution in [0.25, 0.3) is 0 Å². The summed E-state index contributed by atoms with van der Waals surface area (Å²) in [6.45, 7) is 5.73. The first-order valence-electron chi connectivity index (χ1n) is 17.4. The Bertz CT molecular complexity index is 2160. The molecule has 0 saturated carbocycles. The number of carbonyl (C=O) groups is 1. The van der Waals surface area contributed by atoms with E-state index in [-0.39, 0.29) is 28.9 Å². The number of para-hydroxylation sites is 2.